The number of carboxylic acids is 1. The Bertz CT molecular complexity index is 981. The first kappa shape index (κ1) is 24.0. The molecule has 2 heterocycles. The van der Waals surface area contributed by atoms with Crippen molar-refractivity contribution in [3.05, 3.63) is 59.9 Å². The maximum absolute atomic E-state index is 14.4. The highest BCUT2D eigenvalue weighted by molar-refractivity contribution is 5.90. The molecule has 2 aromatic carbocycles. The normalized spacial score (nSPS) is 17.6. The van der Waals surface area contributed by atoms with E-state index in [2.05, 4.69) is 5.32 Å². The van der Waals surface area contributed by atoms with Crippen molar-refractivity contribution in [3.8, 4) is 0 Å². The summed E-state index contributed by atoms with van der Waals surface area (Å²) < 4.78 is 24.9. The van der Waals surface area contributed by atoms with E-state index >= 15 is 0 Å². The first-order valence-corrected chi connectivity index (χ1v) is 10.5. The minimum Gasteiger partial charge on any atom is -0.478 e. The fourth-order valence-corrected chi connectivity index (χ4v) is 3.40. The molecule has 2 fully saturated rings. The molecule has 0 radical (unpaired) electrons. The van der Waals surface area contributed by atoms with Gasteiger partial charge < -0.3 is 24.8 Å². The quantitative estimate of drug-likeness (QED) is 0.707. The Kier molecular flexibility index (Phi) is 8.20. The van der Waals surface area contributed by atoms with Crippen LogP contribution >= 0.6 is 0 Å². The average Bonchev–Trinajstić information content (AvgIpc) is 3.19. The van der Waals surface area contributed by atoms with Gasteiger partial charge in [-0.3, -0.25) is 9.69 Å². The van der Waals surface area contributed by atoms with Gasteiger partial charge in [-0.15, -0.1) is 0 Å². The maximum Gasteiger partial charge on any atom is 0.414 e. The molecular formula is C23H26FN3O6. The number of ether oxygens (including phenoxy) is 2. The Morgan fingerprint density at radius 3 is 2.42 bits per heavy atom. The highest BCUT2D eigenvalue weighted by atomic mass is 19.1. The molecule has 2 amide bonds. The van der Waals surface area contributed by atoms with Gasteiger partial charge in [0.05, 0.1) is 43.2 Å². The molecule has 0 spiro atoms. The predicted molar refractivity (Wildman–Crippen MR) is 119 cm³/mol. The minimum absolute atomic E-state index is 0.189. The van der Waals surface area contributed by atoms with Crippen molar-refractivity contribution in [1.29, 1.82) is 0 Å². The van der Waals surface area contributed by atoms with Gasteiger partial charge in [0.1, 0.15) is 11.9 Å². The van der Waals surface area contributed by atoms with Crippen LogP contribution in [0.25, 0.3) is 0 Å². The van der Waals surface area contributed by atoms with Crippen LogP contribution in [0.2, 0.25) is 0 Å². The molecule has 0 bridgehead atoms. The van der Waals surface area contributed by atoms with Crippen LogP contribution in [0.5, 0.6) is 0 Å². The summed E-state index contributed by atoms with van der Waals surface area (Å²) in [5, 5.41) is 11.0. The van der Waals surface area contributed by atoms with E-state index in [1.54, 1.807) is 42.5 Å². The molecule has 0 aromatic heterocycles. The third kappa shape index (κ3) is 6.66. The van der Waals surface area contributed by atoms with Gasteiger partial charge >= 0.3 is 12.1 Å². The number of aromatic carboxylic acids is 1. The summed E-state index contributed by atoms with van der Waals surface area (Å²) in [5.74, 6) is -1.45. The Balaban J connectivity index is 0.000000286. The third-order valence-electron chi connectivity index (χ3n) is 5.07. The van der Waals surface area contributed by atoms with Crippen LogP contribution in [-0.4, -0.2) is 68.6 Å². The number of morpholine rings is 1. The third-order valence-corrected chi connectivity index (χ3v) is 5.07. The molecule has 2 saturated heterocycles. The summed E-state index contributed by atoms with van der Waals surface area (Å²) in [6.07, 6.45) is -0.979. The highest BCUT2D eigenvalue weighted by Crippen LogP contribution is 2.28. The van der Waals surface area contributed by atoms with Crippen molar-refractivity contribution in [2.24, 2.45) is 0 Å². The molecule has 0 unspecified atom stereocenters. The Morgan fingerprint density at radius 2 is 1.85 bits per heavy atom. The summed E-state index contributed by atoms with van der Waals surface area (Å²) in [5.41, 5.74) is 1.28. The van der Waals surface area contributed by atoms with Gasteiger partial charge in [0.25, 0.3) is 0 Å². The van der Waals surface area contributed by atoms with Crippen molar-refractivity contribution < 1.29 is 33.4 Å². The highest BCUT2D eigenvalue weighted by Gasteiger charge is 2.33. The van der Waals surface area contributed by atoms with Gasteiger partial charge in [-0.1, -0.05) is 18.2 Å². The maximum atomic E-state index is 14.4. The second-order valence-electron chi connectivity index (χ2n) is 7.46. The van der Waals surface area contributed by atoms with Crippen molar-refractivity contribution in [3.63, 3.8) is 0 Å². The van der Waals surface area contributed by atoms with Crippen LogP contribution in [0, 0.1) is 5.82 Å². The zero-order chi connectivity index (χ0) is 23.8. The number of carbonyl (C=O) groups excluding carboxylic acids is 2. The Morgan fingerprint density at radius 1 is 1.15 bits per heavy atom. The smallest absolute Gasteiger partial charge is 0.414 e. The van der Waals surface area contributed by atoms with E-state index in [9.17, 15) is 18.8 Å². The van der Waals surface area contributed by atoms with Gasteiger partial charge in [-0.2, -0.15) is 0 Å². The number of nitrogens with one attached hydrogen (secondary N) is 1. The predicted octanol–water partition coefficient (Wildman–Crippen LogP) is 2.51. The van der Waals surface area contributed by atoms with E-state index in [0.29, 0.717) is 43.2 Å². The molecule has 2 N–H and O–H groups in total. The van der Waals surface area contributed by atoms with E-state index in [-0.39, 0.29) is 24.8 Å². The van der Waals surface area contributed by atoms with Crippen LogP contribution in [-0.2, 0) is 14.3 Å². The van der Waals surface area contributed by atoms with Crippen LogP contribution in [0.3, 0.4) is 0 Å². The average molecular weight is 459 g/mol. The number of amides is 2. The van der Waals surface area contributed by atoms with E-state index in [0.717, 1.165) is 0 Å². The lowest BCUT2D eigenvalue weighted by Gasteiger charge is -2.29. The summed E-state index contributed by atoms with van der Waals surface area (Å²) >= 11 is 0. The number of nitrogens with zero attached hydrogens (tertiary/aromatic N) is 2. The van der Waals surface area contributed by atoms with E-state index in [1.165, 1.54) is 17.9 Å². The second kappa shape index (κ2) is 11.3. The molecule has 1 atom stereocenters. The number of rotatable bonds is 5. The first-order chi connectivity index (χ1) is 15.8. The topological polar surface area (TPSA) is 108 Å². The molecule has 0 saturated carbocycles. The second-order valence-corrected chi connectivity index (χ2v) is 7.46. The number of hydrogen-bond acceptors (Lipinski definition) is 6. The number of benzene rings is 2. The van der Waals surface area contributed by atoms with Crippen molar-refractivity contribution in [2.75, 3.05) is 49.2 Å². The van der Waals surface area contributed by atoms with E-state index in [1.807, 2.05) is 4.90 Å². The lowest BCUT2D eigenvalue weighted by Crippen LogP contribution is -2.36. The summed E-state index contributed by atoms with van der Waals surface area (Å²) in [6, 6.07) is 13.0. The number of anilines is 2. The van der Waals surface area contributed by atoms with Gasteiger partial charge in [0.2, 0.25) is 5.91 Å². The van der Waals surface area contributed by atoms with Gasteiger partial charge in [-0.25, -0.2) is 14.0 Å². The number of carbonyl (C=O) groups is 3. The molecule has 33 heavy (non-hydrogen) atoms. The molecule has 10 heteroatoms. The van der Waals surface area contributed by atoms with Crippen LogP contribution < -0.4 is 15.1 Å². The van der Waals surface area contributed by atoms with Gasteiger partial charge in [0, 0.05) is 20.0 Å². The number of hydrogen-bond donors (Lipinski definition) is 2. The molecule has 9 nitrogen and oxygen atoms in total. The molecule has 2 aliphatic rings. The van der Waals surface area contributed by atoms with Crippen LogP contribution in [0.4, 0.5) is 20.6 Å². The van der Waals surface area contributed by atoms with E-state index < -0.39 is 18.2 Å². The van der Waals surface area contributed by atoms with Gasteiger partial charge in [0.15, 0.2) is 0 Å². The first-order valence-electron chi connectivity index (χ1n) is 10.5. The number of halogens is 1. The lowest BCUT2D eigenvalue weighted by molar-refractivity contribution is -0.119. The molecule has 2 aromatic rings. The molecule has 2 aliphatic heterocycles. The molecule has 176 valence electrons. The minimum atomic E-state index is -0.879. The largest absolute Gasteiger partial charge is 0.478 e. The molecular weight excluding hydrogens is 433 g/mol. The zero-order valence-corrected chi connectivity index (χ0v) is 18.2. The molecule has 4 rings (SSSR count). The van der Waals surface area contributed by atoms with Crippen LogP contribution in [0.1, 0.15) is 17.3 Å². The van der Waals surface area contributed by atoms with Crippen molar-refractivity contribution >= 4 is 29.3 Å². The zero-order valence-electron chi connectivity index (χ0n) is 18.2. The Labute approximate surface area is 190 Å². The lowest BCUT2D eigenvalue weighted by atomic mass is 10.2. The van der Waals surface area contributed by atoms with Crippen molar-refractivity contribution in [2.45, 2.75) is 13.0 Å². The SMILES string of the molecule is CC(=O)NC[C@H]1CN(c2ccc(N3CCOCC3)c(F)c2)C(=O)O1.O=C(O)c1ccccc1. The van der Waals surface area contributed by atoms with E-state index in [4.69, 9.17) is 14.6 Å². The van der Waals surface area contributed by atoms with Crippen molar-refractivity contribution in [1.82, 2.24) is 5.32 Å². The summed E-state index contributed by atoms with van der Waals surface area (Å²) in [6.45, 7) is 4.34. The molecule has 0 aliphatic carbocycles. The number of carboxylic acid groups (broad SMARTS) is 1. The van der Waals surface area contributed by atoms with Gasteiger partial charge in [-0.05, 0) is 30.3 Å². The fourth-order valence-electron chi connectivity index (χ4n) is 3.40. The van der Waals surface area contributed by atoms with Crippen LogP contribution in [0.15, 0.2) is 48.5 Å². The Hall–Kier alpha value is -3.66. The number of cyclic esters (lactones) is 1. The summed E-state index contributed by atoms with van der Waals surface area (Å²) in [4.78, 5) is 36.4. The summed E-state index contributed by atoms with van der Waals surface area (Å²) in [7, 11) is 0. The fraction of sp³-hybridized carbons (Fsp3) is 0.348. The standard InChI is InChI=1S/C16H20FN3O4.C7H6O2/c1-11(21)18-9-13-10-20(16(22)24-13)12-2-3-15(14(17)8-12)19-4-6-23-7-5-19;8-7(9)6-4-2-1-3-5-6/h2-3,8,13H,4-7,9-10H2,1H3,(H,18,21);1-5H,(H,8,9)/t13-;/m0./s1. The monoisotopic (exact) mass is 459 g/mol.